The molecule has 0 radical (unpaired) electrons. The van der Waals surface area contributed by atoms with Crippen LogP contribution < -0.4 is 5.32 Å². The Morgan fingerprint density at radius 1 is 1.45 bits per heavy atom. The first-order chi connectivity index (χ1) is 9.67. The number of nitrogens with zero attached hydrogens (tertiary/aromatic N) is 1. The molecule has 0 bridgehead atoms. The van der Waals surface area contributed by atoms with E-state index in [0.29, 0.717) is 12.5 Å². The second kappa shape index (κ2) is 9.49. The molecule has 1 N–H and O–H groups in total. The van der Waals surface area contributed by atoms with Crippen LogP contribution in [0.3, 0.4) is 0 Å². The van der Waals surface area contributed by atoms with Gasteiger partial charge in [-0.1, -0.05) is 0 Å². The third-order valence-electron chi connectivity index (χ3n) is 3.20. The average Bonchev–Trinajstić information content (AvgIpc) is 2.49. The van der Waals surface area contributed by atoms with Crippen LogP contribution in [0.5, 0.6) is 0 Å². The standard InChI is InChI=1S/C15H20N2O2Se/c1-3-12(2)14(9-16-11-20)17-15(18)19-10-13-7-5-4-6-8-13/h4-8,12,14H,3,9-10H2,1-2H3,(H,17,18)/t12?,14-/m1/s1. The number of hydrogen-bond acceptors (Lipinski definition) is 3. The first-order valence-corrected chi connectivity index (χ1v) is 7.53. The number of hydrogen-bond donors (Lipinski definition) is 1. The molecule has 20 heavy (non-hydrogen) atoms. The van der Waals surface area contributed by atoms with E-state index in [1.54, 1.807) is 0 Å². The summed E-state index contributed by atoms with van der Waals surface area (Å²) in [7, 11) is 0. The van der Waals surface area contributed by atoms with Crippen molar-refractivity contribution in [1.82, 2.24) is 5.32 Å². The summed E-state index contributed by atoms with van der Waals surface area (Å²) in [4.78, 5) is 15.8. The molecule has 0 aliphatic heterocycles. The molecule has 0 saturated carbocycles. The van der Waals surface area contributed by atoms with Crippen molar-refractivity contribution in [3.05, 3.63) is 35.9 Å². The summed E-state index contributed by atoms with van der Waals surface area (Å²) in [6.07, 6.45) is 0.557. The molecule has 1 unspecified atom stereocenters. The van der Waals surface area contributed by atoms with E-state index in [-0.39, 0.29) is 12.6 Å². The van der Waals surface area contributed by atoms with Gasteiger partial charge in [0.2, 0.25) is 0 Å². The monoisotopic (exact) mass is 340 g/mol. The van der Waals surface area contributed by atoms with E-state index < -0.39 is 6.09 Å². The van der Waals surface area contributed by atoms with Gasteiger partial charge in [0.15, 0.2) is 0 Å². The Morgan fingerprint density at radius 2 is 2.15 bits per heavy atom. The predicted molar refractivity (Wildman–Crippen MR) is 81.1 cm³/mol. The van der Waals surface area contributed by atoms with Gasteiger partial charge in [0.25, 0.3) is 0 Å². The van der Waals surface area contributed by atoms with E-state index in [1.807, 2.05) is 30.3 Å². The minimum atomic E-state index is -0.408. The van der Waals surface area contributed by atoms with Crippen LogP contribution in [0.25, 0.3) is 0 Å². The second-order valence-corrected chi connectivity index (χ2v) is 5.01. The zero-order valence-electron chi connectivity index (χ0n) is 11.8. The van der Waals surface area contributed by atoms with E-state index in [4.69, 9.17) is 4.74 Å². The summed E-state index contributed by atoms with van der Waals surface area (Å²) in [5.41, 5.74) is 0.970. The van der Waals surface area contributed by atoms with E-state index >= 15 is 0 Å². The number of aliphatic imine (C=N–C) groups is 1. The Balaban J connectivity index is 2.46. The van der Waals surface area contributed by atoms with Crippen LogP contribution in [0, 0.1) is 5.92 Å². The normalized spacial score (nSPS) is 12.9. The molecule has 5 heteroatoms. The summed E-state index contributed by atoms with van der Waals surface area (Å²) in [5, 5.41) is 2.86. The number of carbonyl (C=O) groups is 1. The van der Waals surface area contributed by atoms with Gasteiger partial charge in [-0.05, 0) is 0 Å². The molecule has 0 aliphatic carbocycles. The third kappa shape index (κ3) is 6.16. The summed E-state index contributed by atoms with van der Waals surface area (Å²) in [6.45, 7) is 4.94. The number of benzene rings is 1. The van der Waals surface area contributed by atoms with Crippen molar-refractivity contribution in [2.75, 3.05) is 6.54 Å². The number of alkyl carbamates (subject to hydrolysis) is 1. The van der Waals surface area contributed by atoms with Gasteiger partial charge >= 0.3 is 127 Å². The molecule has 108 valence electrons. The van der Waals surface area contributed by atoms with Gasteiger partial charge in [-0.3, -0.25) is 0 Å². The van der Waals surface area contributed by atoms with Crippen LogP contribution in [0.2, 0.25) is 0 Å². The van der Waals surface area contributed by atoms with Gasteiger partial charge in [0.1, 0.15) is 0 Å². The van der Waals surface area contributed by atoms with E-state index in [0.717, 1.165) is 12.0 Å². The zero-order valence-corrected chi connectivity index (χ0v) is 13.5. The number of ether oxygens (including phenoxy) is 1. The predicted octanol–water partition coefficient (Wildman–Crippen LogP) is 2.40. The van der Waals surface area contributed by atoms with Crippen molar-refractivity contribution < 1.29 is 9.53 Å². The molecule has 0 fully saturated rings. The molecular formula is C15H20N2O2Se. The molecule has 0 saturated heterocycles. The first kappa shape index (κ1) is 16.6. The number of rotatable bonds is 7. The maximum atomic E-state index is 11.8. The zero-order chi connectivity index (χ0) is 14.8. The van der Waals surface area contributed by atoms with Crippen LogP contribution in [0.15, 0.2) is 35.3 Å². The molecule has 1 aromatic carbocycles. The molecule has 4 nitrogen and oxygen atoms in total. The Labute approximate surface area is 128 Å². The van der Waals surface area contributed by atoms with Crippen molar-refractivity contribution in [3.8, 4) is 0 Å². The fourth-order valence-corrected chi connectivity index (χ4v) is 1.86. The van der Waals surface area contributed by atoms with Gasteiger partial charge < -0.3 is 0 Å². The molecule has 1 rings (SSSR count). The first-order valence-electron chi connectivity index (χ1n) is 6.68. The SMILES string of the molecule is CCC(C)[C@@H](CN=C=[Se])NC(=O)OCc1ccccc1. The molecule has 0 aromatic heterocycles. The Bertz CT molecular complexity index is 458. The number of amides is 1. The van der Waals surface area contributed by atoms with Gasteiger partial charge in [-0.2, -0.15) is 0 Å². The number of carbonyl (C=O) groups excluding carboxylic acids is 1. The molecule has 0 heterocycles. The minimum absolute atomic E-state index is 0.0378. The fraction of sp³-hybridized carbons (Fsp3) is 0.467. The summed E-state index contributed by atoms with van der Waals surface area (Å²) in [5.74, 6) is 0.330. The summed E-state index contributed by atoms with van der Waals surface area (Å²) < 4.78 is 7.83. The second-order valence-electron chi connectivity index (χ2n) is 4.63. The van der Waals surface area contributed by atoms with Crippen LogP contribution in [-0.4, -0.2) is 39.0 Å². The van der Waals surface area contributed by atoms with Crippen molar-refractivity contribution in [2.45, 2.75) is 32.9 Å². The fourth-order valence-electron chi connectivity index (χ4n) is 1.70. The van der Waals surface area contributed by atoms with E-state index in [9.17, 15) is 4.79 Å². The Hall–Kier alpha value is -1.41. The van der Waals surface area contributed by atoms with Crippen molar-refractivity contribution in [1.29, 1.82) is 0 Å². The van der Waals surface area contributed by atoms with Crippen LogP contribution in [0.4, 0.5) is 4.79 Å². The van der Waals surface area contributed by atoms with E-state index in [1.165, 1.54) is 0 Å². The van der Waals surface area contributed by atoms with Crippen LogP contribution in [-0.2, 0) is 11.3 Å². The third-order valence-corrected chi connectivity index (χ3v) is 3.47. The molecule has 1 amide bonds. The Kier molecular flexibility index (Phi) is 7.89. The van der Waals surface area contributed by atoms with Crippen molar-refractivity contribution in [3.63, 3.8) is 0 Å². The van der Waals surface area contributed by atoms with Gasteiger partial charge in [0.05, 0.1) is 0 Å². The molecular weight excluding hydrogens is 319 g/mol. The van der Waals surface area contributed by atoms with Gasteiger partial charge in [0, 0.05) is 0 Å². The van der Waals surface area contributed by atoms with E-state index in [2.05, 4.69) is 44.4 Å². The Morgan fingerprint density at radius 3 is 2.75 bits per heavy atom. The molecule has 0 spiro atoms. The maximum absolute atomic E-state index is 11.8. The van der Waals surface area contributed by atoms with Crippen molar-refractivity contribution in [2.24, 2.45) is 10.9 Å². The molecule has 0 aliphatic rings. The topological polar surface area (TPSA) is 50.7 Å². The van der Waals surface area contributed by atoms with Crippen molar-refractivity contribution >= 4 is 26.4 Å². The summed E-state index contributed by atoms with van der Waals surface area (Å²) in [6, 6.07) is 9.57. The summed E-state index contributed by atoms with van der Waals surface area (Å²) >= 11 is 2.59. The average molecular weight is 339 g/mol. The van der Waals surface area contributed by atoms with Crippen LogP contribution >= 0.6 is 0 Å². The van der Waals surface area contributed by atoms with Gasteiger partial charge in [-0.15, -0.1) is 0 Å². The van der Waals surface area contributed by atoms with Gasteiger partial charge in [-0.25, -0.2) is 0 Å². The quantitative estimate of drug-likeness (QED) is 0.613. The number of nitrogens with one attached hydrogen (secondary N) is 1. The molecule has 2 atom stereocenters. The molecule has 1 aromatic rings. The van der Waals surface area contributed by atoms with Crippen LogP contribution in [0.1, 0.15) is 25.8 Å².